The largest absolute Gasteiger partial charge is 0.481 e. The molecule has 0 bridgehead atoms. The lowest BCUT2D eigenvalue weighted by molar-refractivity contribution is -0.151. The second kappa shape index (κ2) is 4.30. The maximum Gasteiger partial charge on any atom is 0.309 e. The third-order valence-electron chi connectivity index (χ3n) is 3.52. The van der Waals surface area contributed by atoms with E-state index in [2.05, 4.69) is 11.8 Å². The zero-order valence-electron chi connectivity index (χ0n) is 9.42. The summed E-state index contributed by atoms with van der Waals surface area (Å²) in [6, 6.07) is 0. The van der Waals surface area contributed by atoms with Gasteiger partial charge in [0.1, 0.15) is 0 Å². The minimum absolute atomic E-state index is 0.300. The lowest BCUT2D eigenvalue weighted by atomic mass is 9.74. The molecule has 14 heavy (non-hydrogen) atoms. The fraction of sp³-hybridized carbons (Fsp3) is 0.909. The van der Waals surface area contributed by atoms with E-state index in [-0.39, 0.29) is 0 Å². The van der Waals surface area contributed by atoms with E-state index in [9.17, 15) is 4.79 Å². The van der Waals surface area contributed by atoms with Gasteiger partial charge in [-0.1, -0.05) is 6.92 Å². The molecule has 1 atom stereocenters. The Hall–Kier alpha value is -0.570. The Labute approximate surface area is 86.1 Å². The number of likely N-dealkylation sites (tertiary alicyclic amines) is 1. The molecule has 1 saturated heterocycles. The van der Waals surface area contributed by atoms with Gasteiger partial charge >= 0.3 is 5.97 Å². The number of piperidine rings is 1. The Morgan fingerprint density at radius 1 is 1.57 bits per heavy atom. The summed E-state index contributed by atoms with van der Waals surface area (Å²) in [6.45, 7) is 8.93. The molecule has 1 aliphatic heterocycles. The van der Waals surface area contributed by atoms with Crippen LogP contribution in [0.25, 0.3) is 0 Å². The van der Waals surface area contributed by atoms with Crippen LogP contribution in [0.1, 0.15) is 33.6 Å². The molecule has 0 aromatic carbocycles. The molecule has 1 unspecified atom stereocenters. The van der Waals surface area contributed by atoms with Gasteiger partial charge in [0.05, 0.1) is 5.41 Å². The molecule has 0 saturated carbocycles. The minimum atomic E-state index is -0.666. The van der Waals surface area contributed by atoms with Gasteiger partial charge in [0.25, 0.3) is 0 Å². The normalized spacial score (nSPS) is 24.9. The summed E-state index contributed by atoms with van der Waals surface area (Å²) in [4.78, 5) is 13.4. The van der Waals surface area contributed by atoms with E-state index in [1.54, 1.807) is 0 Å². The Balaban J connectivity index is 2.63. The molecule has 0 radical (unpaired) electrons. The SMILES string of the molecule is CCN1CCCC(C(C)(C)C(=O)O)C1. The van der Waals surface area contributed by atoms with Gasteiger partial charge in [0.15, 0.2) is 0 Å². The van der Waals surface area contributed by atoms with Crippen molar-refractivity contribution in [2.45, 2.75) is 33.6 Å². The molecule has 0 aromatic rings. The molecule has 1 rings (SSSR count). The van der Waals surface area contributed by atoms with Gasteiger partial charge < -0.3 is 10.0 Å². The summed E-state index contributed by atoms with van der Waals surface area (Å²) in [5.41, 5.74) is -0.576. The average Bonchev–Trinajstić information content (AvgIpc) is 2.17. The van der Waals surface area contributed by atoms with E-state index in [1.807, 2.05) is 13.8 Å². The molecular weight excluding hydrogens is 178 g/mol. The number of nitrogens with zero attached hydrogens (tertiary/aromatic N) is 1. The Morgan fingerprint density at radius 3 is 2.71 bits per heavy atom. The summed E-state index contributed by atoms with van der Waals surface area (Å²) in [7, 11) is 0. The van der Waals surface area contributed by atoms with Crippen LogP contribution >= 0.6 is 0 Å². The van der Waals surface area contributed by atoms with Crippen LogP contribution < -0.4 is 0 Å². The quantitative estimate of drug-likeness (QED) is 0.754. The van der Waals surface area contributed by atoms with E-state index in [4.69, 9.17) is 5.11 Å². The Kier molecular flexibility index (Phi) is 3.53. The van der Waals surface area contributed by atoms with Crippen molar-refractivity contribution in [3.63, 3.8) is 0 Å². The molecule has 0 amide bonds. The van der Waals surface area contributed by atoms with Crippen LogP contribution in [-0.2, 0) is 4.79 Å². The summed E-state index contributed by atoms with van der Waals surface area (Å²) >= 11 is 0. The van der Waals surface area contributed by atoms with Crippen molar-refractivity contribution in [2.75, 3.05) is 19.6 Å². The fourth-order valence-corrected chi connectivity index (χ4v) is 2.11. The first kappa shape index (κ1) is 11.5. The summed E-state index contributed by atoms with van der Waals surface area (Å²) in [5.74, 6) is -0.367. The highest BCUT2D eigenvalue weighted by Crippen LogP contribution is 2.33. The van der Waals surface area contributed by atoms with Gasteiger partial charge in [-0.3, -0.25) is 4.79 Å². The van der Waals surface area contributed by atoms with Gasteiger partial charge in [-0.15, -0.1) is 0 Å². The summed E-state index contributed by atoms with van der Waals surface area (Å²) < 4.78 is 0. The Bertz CT molecular complexity index is 213. The molecule has 0 spiro atoms. The molecule has 82 valence electrons. The Morgan fingerprint density at radius 2 is 2.21 bits per heavy atom. The number of carbonyl (C=O) groups is 1. The monoisotopic (exact) mass is 199 g/mol. The maximum absolute atomic E-state index is 11.1. The van der Waals surface area contributed by atoms with E-state index < -0.39 is 11.4 Å². The zero-order valence-corrected chi connectivity index (χ0v) is 9.42. The summed E-state index contributed by atoms with van der Waals surface area (Å²) in [5, 5.41) is 9.13. The second-order valence-corrected chi connectivity index (χ2v) is 4.76. The number of hydrogen-bond donors (Lipinski definition) is 1. The topological polar surface area (TPSA) is 40.5 Å². The van der Waals surface area contributed by atoms with Crippen molar-refractivity contribution in [1.29, 1.82) is 0 Å². The highest BCUT2D eigenvalue weighted by Gasteiger charge is 2.38. The lowest BCUT2D eigenvalue weighted by Crippen LogP contribution is -2.44. The smallest absolute Gasteiger partial charge is 0.309 e. The van der Waals surface area contributed by atoms with E-state index in [1.165, 1.54) is 0 Å². The van der Waals surface area contributed by atoms with Gasteiger partial charge in [0.2, 0.25) is 0 Å². The van der Waals surface area contributed by atoms with Gasteiger partial charge in [-0.2, -0.15) is 0 Å². The molecule has 3 heteroatoms. The number of carboxylic acid groups (broad SMARTS) is 1. The first-order chi connectivity index (χ1) is 6.48. The van der Waals surface area contributed by atoms with Gasteiger partial charge in [-0.05, 0) is 45.7 Å². The van der Waals surface area contributed by atoms with Crippen molar-refractivity contribution >= 4 is 5.97 Å². The molecule has 1 aliphatic rings. The molecule has 1 N–H and O–H groups in total. The van der Waals surface area contributed by atoms with Crippen molar-refractivity contribution in [2.24, 2.45) is 11.3 Å². The molecule has 1 fully saturated rings. The van der Waals surface area contributed by atoms with Gasteiger partial charge in [-0.25, -0.2) is 0 Å². The molecule has 3 nitrogen and oxygen atoms in total. The van der Waals surface area contributed by atoms with Crippen molar-refractivity contribution in [3.8, 4) is 0 Å². The van der Waals surface area contributed by atoms with E-state index in [0.29, 0.717) is 5.92 Å². The van der Waals surface area contributed by atoms with Crippen LogP contribution in [0, 0.1) is 11.3 Å². The second-order valence-electron chi connectivity index (χ2n) is 4.76. The fourth-order valence-electron chi connectivity index (χ4n) is 2.11. The number of aliphatic carboxylic acids is 1. The lowest BCUT2D eigenvalue weighted by Gasteiger charge is -2.38. The van der Waals surface area contributed by atoms with Crippen LogP contribution in [0.4, 0.5) is 0 Å². The first-order valence-electron chi connectivity index (χ1n) is 5.44. The highest BCUT2D eigenvalue weighted by atomic mass is 16.4. The van der Waals surface area contributed by atoms with Crippen LogP contribution in [0.2, 0.25) is 0 Å². The highest BCUT2D eigenvalue weighted by molar-refractivity contribution is 5.74. The maximum atomic E-state index is 11.1. The zero-order chi connectivity index (χ0) is 10.8. The van der Waals surface area contributed by atoms with E-state index in [0.717, 1.165) is 32.5 Å². The van der Waals surface area contributed by atoms with Crippen molar-refractivity contribution in [3.05, 3.63) is 0 Å². The van der Waals surface area contributed by atoms with Crippen LogP contribution in [-0.4, -0.2) is 35.6 Å². The van der Waals surface area contributed by atoms with Gasteiger partial charge in [0, 0.05) is 6.54 Å². The summed E-state index contributed by atoms with van der Waals surface area (Å²) in [6.07, 6.45) is 2.19. The molecule has 0 aromatic heterocycles. The first-order valence-corrected chi connectivity index (χ1v) is 5.44. The van der Waals surface area contributed by atoms with Crippen LogP contribution in [0.15, 0.2) is 0 Å². The predicted octanol–water partition coefficient (Wildman–Crippen LogP) is 1.83. The van der Waals surface area contributed by atoms with Crippen molar-refractivity contribution < 1.29 is 9.90 Å². The number of rotatable bonds is 3. The predicted molar refractivity (Wildman–Crippen MR) is 56.3 cm³/mol. The third-order valence-corrected chi connectivity index (χ3v) is 3.52. The number of hydrogen-bond acceptors (Lipinski definition) is 2. The van der Waals surface area contributed by atoms with Crippen LogP contribution in [0.3, 0.4) is 0 Å². The molecule has 0 aliphatic carbocycles. The van der Waals surface area contributed by atoms with Crippen LogP contribution in [0.5, 0.6) is 0 Å². The molecular formula is C11H21NO2. The van der Waals surface area contributed by atoms with E-state index >= 15 is 0 Å². The average molecular weight is 199 g/mol. The third kappa shape index (κ3) is 2.27. The minimum Gasteiger partial charge on any atom is -0.481 e. The van der Waals surface area contributed by atoms with Crippen molar-refractivity contribution in [1.82, 2.24) is 4.90 Å². The molecule has 1 heterocycles. The number of carboxylic acids is 1. The standard InChI is InChI=1S/C11H21NO2/c1-4-12-7-5-6-9(8-12)11(2,3)10(13)14/h9H,4-8H2,1-3H3,(H,13,14).